The van der Waals surface area contributed by atoms with Crippen molar-refractivity contribution in [3.05, 3.63) is 30.3 Å². The van der Waals surface area contributed by atoms with Crippen molar-refractivity contribution < 1.29 is 0 Å². The molecule has 1 N–H and O–H groups in total. The third kappa shape index (κ3) is 3.92. The van der Waals surface area contributed by atoms with Gasteiger partial charge in [0, 0.05) is 31.4 Å². The second kappa shape index (κ2) is 7.05. The van der Waals surface area contributed by atoms with Crippen LogP contribution in [0, 0.1) is 0 Å². The minimum absolute atomic E-state index is 0.530. The van der Waals surface area contributed by atoms with Crippen molar-refractivity contribution in [1.82, 2.24) is 5.32 Å². The molecule has 1 aliphatic rings. The molecule has 1 aliphatic heterocycles. The SMILES string of the molecule is C[C@@H](CNC1CCSCC1)N(C)c1ccccc1. The number of rotatable bonds is 5. The topological polar surface area (TPSA) is 15.3 Å². The van der Waals surface area contributed by atoms with Crippen LogP contribution in [0.1, 0.15) is 19.8 Å². The maximum Gasteiger partial charge on any atom is 0.0383 e. The predicted octanol–water partition coefficient (Wildman–Crippen LogP) is 3.00. The van der Waals surface area contributed by atoms with E-state index < -0.39 is 0 Å². The first-order valence-electron chi connectivity index (χ1n) is 6.86. The van der Waals surface area contributed by atoms with Gasteiger partial charge >= 0.3 is 0 Å². The van der Waals surface area contributed by atoms with Crippen molar-refractivity contribution in [3.8, 4) is 0 Å². The van der Waals surface area contributed by atoms with E-state index in [1.807, 2.05) is 0 Å². The van der Waals surface area contributed by atoms with Crippen LogP contribution in [0.5, 0.6) is 0 Å². The van der Waals surface area contributed by atoms with Gasteiger partial charge in [-0.1, -0.05) is 18.2 Å². The highest BCUT2D eigenvalue weighted by Gasteiger charge is 2.15. The van der Waals surface area contributed by atoms with E-state index in [0.717, 1.165) is 12.6 Å². The molecular formula is C15H24N2S. The molecule has 1 atom stereocenters. The summed E-state index contributed by atoms with van der Waals surface area (Å²) in [6.45, 7) is 3.36. The molecule has 2 rings (SSSR count). The Morgan fingerprint density at radius 2 is 1.94 bits per heavy atom. The fraction of sp³-hybridized carbons (Fsp3) is 0.600. The summed E-state index contributed by atoms with van der Waals surface area (Å²) in [5, 5.41) is 3.72. The summed E-state index contributed by atoms with van der Waals surface area (Å²) >= 11 is 2.09. The Kier molecular flexibility index (Phi) is 5.39. The summed E-state index contributed by atoms with van der Waals surface area (Å²) in [6.07, 6.45) is 2.65. The molecule has 0 radical (unpaired) electrons. The smallest absolute Gasteiger partial charge is 0.0383 e. The van der Waals surface area contributed by atoms with Crippen molar-refractivity contribution in [3.63, 3.8) is 0 Å². The molecule has 0 unspecified atom stereocenters. The highest BCUT2D eigenvalue weighted by molar-refractivity contribution is 7.99. The summed E-state index contributed by atoms with van der Waals surface area (Å²) in [5.74, 6) is 2.64. The van der Waals surface area contributed by atoms with E-state index in [4.69, 9.17) is 0 Å². The number of likely N-dealkylation sites (N-methyl/N-ethyl adjacent to an activating group) is 1. The number of hydrogen-bond acceptors (Lipinski definition) is 3. The van der Waals surface area contributed by atoms with Gasteiger partial charge in [-0.25, -0.2) is 0 Å². The minimum Gasteiger partial charge on any atom is -0.371 e. The van der Waals surface area contributed by atoms with Crippen LogP contribution in [0.4, 0.5) is 5.69 Å². The Morgan fingerprint density at radius 3 is 2.61 bits per heavy atom. The fourth-order valence-electron chi connectivity index (χ4n) is 2.29. The third-order valence-corrected chi connectivity index (χ3v) is 4.80. The third-order valence-electron chi connectivity index (χ3n) is 3.75. The summed E-state index contributed by atoms with van der Waals surface area (Å²) in [4.78, 5) is 2.35. The largest absolute Gasteiger partial charge is 0.371 e. The molecule has 100 valence electrons. The summed E-state index contributed by atoms with van der Waals surface area (Å²) in [6, 6.07) is 11.9. The zero-order valence-electron chi connectivity index (χ0n) is 11.4. The molecule has 1 saturated heterocycles. The van der Waals surface area contributed by atoms with E-state index in [9.17, 15) is 0 Å². The standard InChI is InChI=1S/C15H24N2S/c1-13(12-16-14-8-10-18-11-9-14)17(2)15-6-4-3-5-7-15/h3-7,13-14,16H,8-12H2,1-2H3/t13-/m0/s1. The van der Waals surface area contributed by atoms with E-state index >= 15 is 0 Å². The molecule has 18 heavy (non-hydrogen) atoms. The number of nitrogens with zero attached hydrogens (tertiary/aromatic N) is 1. The lowest BCUT2D eigenvalue weighted by Crippen LogP contribution is -2.43. The number of benzene rings is 1. The molecule has 1 aromatic rings. The highest BCUT2D eigenvalue weighted by Crippen LogP contribution is 2.18. The quantitative estimate of drug-likeness (QED) is 0.880. The maximum absolute atomic E-state index is 3.72. The molecule has 1 fully saturated rings. The van der Waals surface area contributed by atoms with Gasteiger partial charge in [0.1, 0.15) is 0 Å². The van der Waals surface area contributed by atoms with Gasteiger partial charge in [0.2, 0.25) is 0 Å². The lowest BCUT2D eigenvalue weighted by atomic mass is 10.1. The van der Waals surface area contributed by atoms with Crippen molar-refractivity contribution in [2.45, 2.75) is 31.8 Å². The van der Waals surface area contributed by atoms with Gasteiger partial charge in [-0.05, 0) is 43.4 Å². The molecule has 1 aromatic carbocycles. The van der Waals surface area contributed by atoms with Gasteiger partial charge in [-0.3, -0.25) is 0 Å². The first-order valence-corrected chi connectivity index (χ1v) is 8.02. The lowest BCUT2D eigenvalue weighted by molar-refractivity contribution is 0.459. The summed E-state index contributed by atoms with van der Waals surface area (Å²) in [5.41, 5.74) is 1.30. The van der Waals surface area contributed by atoms with Crippen molar-refractivity contribution in [1.29, 1.82) is 0 Å². The van der Waals surface area contributed by atoms with E-state index in [-0.39, 0.29) is 0 Å². The average molecular weight is 264 g/mol. The average Bonchev–Trinajstić information content (AvgIpc) is 2.46. The molecule has 0 aromatic heterocycles. The van der Waals surface area contributed by atoms with Crippen LogP contribution in [-0.4, -0.2) is 37.2 Å². The minimum atomic E-state index is 0.530. The highest BCUT2D eigenvalue weighted by atomic mass is 32.2. The van der Waals surface area contributed by atoms with Crippen LogP contribution in [0.3, 0.4) is 0 Å². The monoisotopic (exact) mass is 264 g/mol. The molecule has 0 bridgehead atoms. The number of thioether (sulfide) groups is 1. The second-order valence-corrected chi connectivity index (χ2v) is 6.32. The fourth-order valence-corrected chi connectivity index (χ4v) is 3.40. The van der Waals surface area contributed by atoms with Crippen molar-refractivity contribution in [2.75, 3.05) is 30.0 Å². The molecule has 3 heteroatoms. The molecular weight excluding hydrogens is 240 g/mol. The van der Waals surface area contributed by atoms with E-state index in [2.05, 4.69) is 66.3 Å². The predicted molar refractivity (Wildman–Crippen MR) is 82.7 cm³/mol. The van der Waals surface area contributed by atoms with Crippen LogP contribution >= 0.6 is 11.8 Å². The van der Waals surface area contributed by atoms with E-state index in [1.54, 1.807) is 0 Å². The Balaban J connectivity index is 1.78. The van der Waals surface area contributed by atoms with Crippen molar-refractivity contribution in [2.24, 2.45) is 0 Å². The normalized spacial score (nSPS) is 18.6. The van der Waals surface area contributed by atoms with Crippen LogP contribution in [0.2, 0.25) is 0 Å². The molecule has 1 heterocycles. The summed E-state index contributed by atoms with van der Waals surface area (Å²) in [7, 11) is 2.18. The molecule has 0 spiro atoms. The zero-order valence-corrected chi connectivity index (χ0v) is 12.2. The van der Waals surface area contributed by atoms with Gasteiger partial charge in [0.15, 0.2) is 0 Å². The van der Waals surface area contributed by atoms with E-state index in [1.165, 1.54) is 30.0 Å². The maximum atomic E-state index is 3.72. The number of hydrogen-bond donors (Lipinski definition) is 1. The Bertz CT molecular complexity index is 336. The van der Waals surface area contributed by atoms with Gasteiger partial charge in [0.05, 0.1) is 0 Å². The first kappa shape index (κ1) is 13.8. The van der Waals surface area contributed by atoms with Gasteiger partial charge < -0.3 is 10.2 Å². The number of para-hydroxylation sites is 1. The van der Waals surface area contributed by atoms with Crippen LogP contribution in [0.25, 0.3) is 0 Å². The van der Waals surface area contributed by atoms with Crippen LogP contribution in [0.15, 0.2) is 30.3 Å². The van der Waals surface area contributed by atoms with Gasteiger partial charge in [0.25, 0.3) is 0 Å². The number of anilines is 1. The molecule has 0 amide bonds. The summed E-state index contributed by atoms with van der Waals surface area (Å²) < 4.78 is 0. The Morgan fingerprint density at radius 1 is 1.28 bits per heavy atom. The molecule has 0 saturated carbocycles. The second-order valence-electron chi connectivity index (χ2n) is 5.09. The number of nitrogens with one attached hydrogen (secondary N) is 1. The lowest BCUT2D eigenvalue weighted by Gasteiger charge is -2.30. The Hall–Kier alpha value is -0.670. The van der Waals surface area contributed by atoms with Crippen molar-refractivity contribution >= 4 is 17.4 Å². The van der Waals surface area contributed by atoms with E-state index in [0.29, 0.717) is 6.04 Å². The molecule has 2 nitrogen and oxygen atoms in total. The zero-order chi connectivity index (χ0) is 12.8. The van der Waals surface area contributed by atoms with Crippen LogP contribution < -0.4 is 10.2 Å². The first-order chi connectivity index (χ1) is 8.77. The van der Waals surface area contributed by atoms with Gasteiger partial charge in [-0.15, -0.1) is 0 Å². The molecule has 0 aliphatic carbocycles. The Labute approximate surface area is 115 Å². The van der Waals surface area contributed by atoms with Gasteiger partial charge in [-0.2, -0.15) is 11.8 Å². The van der Waals surface area contributed by atoms with Crippen LogP contribution in [-0.2, 0) is 0 Å².